The van der Waals surface area contributed by atoms with Gasteiger partial charge in [0.15, 0.2) is 0 Å². The summed E-state index contributed by atoms with van der Waals surface area (Å²) in [7, 11) is 0. The minimum atomic E-state index is -0.145. The van der Waals surface area contributed by atoms with Gasteiger partial charge in [-0.2, -0.15) is 0 Å². The molecule has 0 saturated heterocycles. The van der Waals surface area contributed by atoms with Gasteiger partial charge in [0.1, 0.15) is 0 Å². The van der Waals surface area contributed by atoms with E-state index in [2.05, 4.69) is 27.2 Å². The van der Waals surface area contributed by atoms with E-state index in [4.69, 9.17) is 6.42 Å². The van der Waals surface area contributed by atoms with Gasteiger partial charge in [-0.25, -0.2) is 0 Å². The quantitative estimate of drug-likeness (QED) is 0.623. The monoisotopic (exact) mass is 444 g/mol. The second-order valence-corrected chi connectivity index (χ2v) is 7.89. The van der Waals surface area contributed by atoms with Crippen molar-refractivity contribution in [1.29, 1.82) is 0 Å². The third-order valence-corrected chi connectivity index (χ3v) is 5.11. The van der Waals surface area contributed by atoms with Crippen molar-refractivity contribution in [2.75, 3.05) is 23.4 Å². The predicted molar refractivity (Wildman–Crippen MR) is 116 cm³/mol. The van der Waals surface area contributed by atoms with E-state index in [0.717, 1.165) is 15.7 Å². The highest BCUT2D eigenvalue weighted by Crippen LogP contribution is 2.16. The molecular weight excluding hydrogens is 424 g/mol. The molecule has 140 valence electrons. The Kier molecular flexibility index (Phi) is 8.43. The molecule has 0 aliphatic rings. The zero-order valence-electron chi connectivity index (χ0n) is 15.1. The molecule has 0 spiro atoms. The highest BCUT2D eigenvalue weighted by atomic mass is 79.9. The zero-order valence-corrected chi connectivity index (χ0v) is 17.5. The van der Waals surface area contributed by atoms with Crippen LogP contribution in [0.3, 0.4) is 0 Å². The fourth-order valence-electron chi connectivity index (χ4n) is 2.34. The number of nitrogens with zero attached hydrogens (tertiary/aromatic N) is 1. The van der Waals surface area contributed by atoms with Gasteiger partial charge < -0.3 is 10.2 Å². The predicted octanol–water partition coefficient (Wildman–Crippen LogP) is 4.09. The summed E-state index contributed by atoms with van der Waals surface area (Å²) in [6.45, 7) is 2.73. The Labute approximate surface area is 172 Å². The highest BCUT2D eigenvalue weighted by Gasteiger charge is 2.14. The largest absolute Gasteiger partial charge is 0.327 e. The molecule has 0 aliphatic heterocycles. The third kappa shape index (κ3) is 7.49. The molecule has 2 amide bonds. The molecule has 0 radical (unpaired) electrons. The minimum Gasteiger partial charge on any atom is -0.327 e. The lowest BCUT2D eigenvalue weighted by atomic mass is 10.1. The van der Waals surface area contributed by atoms with Crippen molar-refractivity contribution in [3.05, 3.63) is 64.1 Å². The van der Waals surface area contributed by atoms with Crippen LogP contribution in [0.15, 0.2) is 53.0 Å². The van der Waals surface area contributed by atoms with E-state index in [1.54, 1.807) is 4.90 Å². The third-order valence-electron chi connectivity index (χ3n) is 3.70. The Morgan fingerprint density at radius 2 is 1.93 bits per heavy atom. The van der Waals surface area contributed by atoms with E-state index in [-0.39, 0.29) is 29.9 Å². The SMILES string of the molecule is C#CCN(Cc1ccc(C)cc1)C(=O)CSCC(=O)Nc1cccc(Br)c1. The fraction of sp³-hybridized carbons (Fsp3) is 0.238. The van der Waals surface area contributed by atoms with Crippen LogP contribution < -0.4 is 5.32 Å². The molecule has 0 bridgehead atoms. The Morgan fingerprint density at radius 3 is 2.59 bits per heavy atom. The Balaban J connectivity index is 1.81. The minimum absolute atomic E-state index is 0.0752. The van der Waals surface area contributed by atoms with Gasteiger partial charge in [0.25, 0.3) is 0 Å². The number of benzene rings is 2. The second kappa shape index (κ2) is 10.8. The smallest absolute Gasteiger partial charge is 0.234 e. The molecule has 0 aliphatic carbocycles. The second-order valence-electron chi connectivity index (χ2n) is 5.99. The molecule has 0 saturated carbocycles. The molecule has 2 aromatic rings. The summed E-state index contributed by atoms with van der Waals surface area (Å²) in [6, 6.07) is 15.4. The van der Waals surface area contributed by atoms with Crippen LogP contribution >= 0.6 is 27.7 Å². The summed E-state index contributed by atoms with van der Waals surface area (Å²) in [5, 5.41) is 2.81. The number of carbonyl (C=O) groups is 2. The first kappa shape index (κ1) is 21.1. The van der Waals surface area contributed by atoms with Crippen molar-refractivity contribution in [3.63, 3.8) is 0 Å². The van der Waals surface area contributed by atoms with Gasteiger partial charge in [-0.1, -0.05) is 57.7 Å². The molecule has 0 atom stereocenters. The first-order valence-corrected chi connectivity index (χ1v) is 10.3. The summed E-state index contributed by atoms with van der Waals surface area (Å²) < 4.78 is 0.893. The van der Waals surface area contributed by atoms with E-state index in [1.165, 1.54) is 17.3 Å². The molecule has 2 rings (SSSR count). The van der Waals surface area contributed by atoms with E-state index < -0.39 is 0 Å². The molecule has 0 heterocycles. The van der Waals surface area contributed by atoms with Gasteiger partial charge in [-0.05, 0) is 30.7 Å². The van der Waals surface area contributed by atoms with Crippen molar-refractivity contribution in [2.24, 2.45) is 0 Å². The zero-order chi connectivity index (χ0) is 19.6. The average Bonchev–Trinajstić information content (AvgIpc) is 2.63. The van der Waals surface area contributed by atoms with Crippen molar-refractivity contribution >= 4 is 45.2 Å². The maximum atomic E-state index is 12.5. The molecule has 4 nitrogen and oxygen atoms in total. The summed E-state index contributed by atoms with van der Waals surface area (Å²) in [6.07, 6.45) is 5.40. The maximum absolute atomic E-state index is 12.5. The lowest BCUT2D eigenvalue weighted by Crippen LogP contribution is -2.32. The molecule has 0 fully saturated rings. The van der Waals surface area contributed by atoms with Gasteiger partial charge in [-0.15, -0.1) is 18.2 Å². The van der Waals surface area contributed by atoms with Crippen molar-refractivity contribution in [2.45, 2.75) is 13.5 Å². The van der Waals surface area contributed by atoms with E-state index >= 15 is 0 Å². The molecule has 2 aromatic carbocycles. The van der Waals surface area contributed by atoms with Crippen LogP contribution in [0.5, 0.6) is 0 Å². The Morgan fingerprint density at radius 1 is 1.19 bits per heavy atom. The first-order valence-electron chi connectivity index (χ1n) is 8.38. The normalized spacial score (nSPS) is 10.1. The van der Waals surface area contributed by atoms with Crippen molar-refractivity contribution < 1.29 is 9.59 Å². The first-order chi connectivity index (χ1) is 13.0. The molecule has 1 N–H and O–H groups in total. The Bertz CT molecular complexity index is 831. The topological polar surface area (TPSA) is 49.4 Å². The number of hydrogen-bond donors (Lipinski definition) is 1. The maximum Gasteiger partial charge on any atom is 0.234 e. The van der Waals surface area contributed by atoms with Crippen LogP contribution in [0.4, 0.5) is 5.69 Å². The number of aryl methyl sites for hydroxylation is 1. The summed E-state index contributed by atoms with van der Waals surface area (Å²) in [5.74, 6) is 2.72. The van der Waals surface area contributed by atoms with E-state index in [1.807, 2.05) is 55.5 Å². The number of halogens is 1. The van der Waals surface area contributed by atoms with Crippen LogP contribution in [-0.4, -0.2) is 34.8 Å². The van der Waals surface area contributed by atoms with Crippen LogP contribution in [0.25, 0.3) is 0 Å². The lowest BCUT2D eigenvalue weighted by Gasteiger charge is -2.20. The number of rotatable bonds is 8. The highest BCUT2D eigenvalue weighted by molar-refractivity contribution is 9.10. The Hall–Kier alpha value is -2.23. The fourth-order valence-corrected chi connectivity index (χ4v) is 3.46. The van der Waals surface area contributed by atoms with E-state index in [0.29, 0.717) is 6.54 Å². The van der Waals surface area contributed by atoms with Crippen molar-refractivity contribution in [1.82, 2.24) is 4.90 Å². The number of hydrogen-bond acceptors (Lipinski definition) is 3. The number of carbonyl (C=O) groups excluding carboxylic acids is 2. The summed E-state index contributed by atoms with van der Waals surface area (Å²) >= 11 is 4.64. The van der Waals surface area contributed by atoms with Gasteiger partial charge in [0, 0.05) is 16.7 Å². The number of thioether (sulfide) groups is 1. The summed E-state index contributed by atoms with van der Waals surface area (Å²) in [5.41, 5.74) is 2.91. The molecule has 0 aromatic heterocycles. The lowest BCUT2D eigenvalue weighted by molar-refractivity contribution is -0.128. The number of nitrogens with one attached hydrogen (secondary N) is 1. The van der Waals surface area contributed by atoms with Gasteiger partial charge in [0.2, 0.25) is 11.8 Å². The van der Waals surface area contributed by atoms with Gasteiger partial charge in [-0.3, -0.25) is 9.59 Å². The summed E-state index contributed by atoms with van der Waals surface area (Å²) in [4.78, 5) is 26.1. The molecule has 27 heavy (non-hydrogen) atoms. The van der Waals surface area contributed by atoms with E-state index in [9.17, 15) is 9.59 Å². The van der Waals surface area contributed by atoms with Gasteiger partial charge in [0.05, 0.1) is 18.1 Å². The van der Waals surface area contributed by atoms with Crippen LogP contribution in [0, 0.1) is 19.3 Å². The van der Waals surface area contributed by atoms with Crippen LogP contribution in [0.1, 0.15) is 11.1 Å². The average molecular weight is 445 g/mol. The molecule has 6 heteroatoms. The van der Waals surface area contributed by atoms with Crippen LogP contribution in [-0.2, 0) is 16.1 Å². The number of terminal acetylenes is 1. The molecule has 0 unspecified atom stereocenters. The van der Waals surface area contributed by atoms with Gasteiger partial charge >= 0.3 is 0 Å². The molecular formula is C21H21BrN2O2S. The van der Waals surface area contributed by atoms with Crippen LogP contribution in [0.2, 0.25) is 0 Å². The standard InChI is InChI=1S/C21H21BrN2O2S/c1-3-11-24(13-17-9-7-16(2)8-10-17)21(26)15-27-14-20(25)23-19-6-4-5-18(22)12-19/h1,4-10,12H,11,13-15H2,2H3,(H,23,25). The van der Waals surface area contributed by atoms with Crippen molar-refractivity contribution in [3.8, 4) is 12.3 Å². The number of anilines is 1. The number of amides is 2.